The predicted octanol–water partition coefficient (Wildman–Crippen LogP) is 1.09. The summed E-state index contributed by atoms with van der Waals surface area (Å²) in [5.74, 6) is -3.06. The molecule has 0 radical (unpaired) electrons. The van der Waals surface area contributed by atoms with E-state index in [0.717, 1.165) is 12.1 Å². The van der Waals surface area contributed by atoms with Gasteiger partial charge in [-0.2, -0.15) is 0 Å². The first-order valence-electron chi connectivity index (χ1n) is 5.02. The number of hydrogen-bond donors (Lipinski definition) is 3. The first kappa shape index (κ1) is 14.8. The number of benzene rings is 1. The smallest absolute Gasteiger partial charge is 0.254 e. The zero-order valence-electron chi connectivity index (χ0n) is 9.51. The molecule has 1 aromatic rings. The summed E-state index contributed by atoms with van der Waals surface area (Å²) >= 11 is 5.34. The van der Waals surface area contributed by atoms with E-state index >= 15 is 0 Å². The largest absolute Gasteiger partial charge is 0.394 e. The number of hydrogen-bond acceptors (Lipinski definition) is 3. The van der Waals surface area contributed by atoms with Gasteiger partial charge in [-0.25, -0.2) is 8.78 Å². The van der Waals surface area contributed by atoms with Crippen LogP contribution in [0.2, 0.25) is 5.02 Å². The van der Waals surface area contributed by atoms with Crippen molar-refractivity contribution >= 4 is 17.5 Å². The molecule has 0 saturated carbocycles. The van der Waals surface area contributed by atoms with Gasteiger partial charge in [0.2, 0.25) is 0 Å². The van der Waals surface area contributed by atoms with Crippen LogP contribution in [0.5, 0.6) is 0 Å². The molecular formula is C11H12ClF2NO3. The molecule has 0 fully saturated rings. The Morgan fingerprint density at radius 2 is 1.94 bits per heavy atom. The number of carbonyl (C=O) groups is 1. The average Bonchev–Trinajstić information content (AvgIpc) is 2.35. The van der Waals surface area contributed by atoms with Crippen LogP contribution in [-0.2, 0) is 0 Å². The lowest BCUT2D eigenvalue weighted by Crippen LogP contribution is -2.51. The van der Waals surface area contributed by atoms with Crippen LogP contribution in [-0.4, -0.2) is 34.9 Å². The van der Waals surface area contributed by atoms with Crippen LogP contribution in [0.4, 0.5) is 8.78 Å². The number of nitrogens with one attached hydrogen (secondary N) is 1. The lowest BCUT2D eigenvalue weighted by atomic mass is 10.0. The minimum Gasteiger partial charge on any atom is -0.394 e. The van der Waals surface area contributed by atoms with Crippen molar-refractivity contribution in [3.63, 3.8) is 0 Å². The normalized spacial score (nSPS) is 11.4. The summed E-state index contributed by atoms with van der Waals surface area (Å²) in [6.45, 7) is 0.297. The van der Waals surface area contributed by atoms with Gasteiger partial charge in [-0.15, -0.1) is 0 Å². The maximum Gasteiger partial charge on any atom is 0.254 e. The Morgan fingerprint density at radius 1 is 1.39 bits per heavy atom. The lowest BCUT2D eigenvalue weighted by molar-refractivity contribution is 0.0720. The topological polar surface area (TPSA) is 69.6 Å². The molecule has 0 aliphatic heterocycles. The van der Waals surface area contributed by atoms with Gasteiger partial charge < -0.3 is 15.5 Å². The molecule has 18 heavy (non-hydrogen) atoms. The summed E-state index contributed by atoms with van der Waals surface area (Å²) in [6, 6.07) is 1.79. The minimum atomic E-state index is -1.30. The summed E-state index contributed by atoms with van der Waals surface area (Å²) in [6.07, 6.45) is 0. The SMILES string of the molecule is CC(CO)(CO)NC(=O)c1ccc(F)c(Cl)c1F. The van der Waals surface area contributed by atoms with E-state index in [1.165, 1.54) is 6.92 Å². The summed E-state index contributed by atoms with van der Waals surface area (Å²) < 4.78 is 26.4. The number of rotatable bonds is 4. The number of halogens is 3. The molecule has 1 amide bonds. The van der Waals surface area contributed by atoms with E-state index in [2.05, 4.69) is 5.32 Å². The number of aliphatic hydroxyl groups is 2. The van der Waals surface area contributed by atoms with Crippen molar-refractivity contribution in [2.75, 3.05) is 13.2 Å². The van der Waals surface area contributed by atoms with Gasteiger partial charge in [0.25, 0.3) is 5.91 Å². The molecule has 0 unspecified atom stereocenters. The number of amides is 1. The Kier molecular flexibility index (Phi) is 4.61. The molecule has 0 saturated heterocycles. The summed E-state index contributed by atoms with van der Waals surface area (Å²) in [4.78, 5) is 11.7. The zero-order valence-corrected chi connectivity index (χ0v) is 10.3. The molecule has 0 aliphatic carbocycles. The first-order chi connectivity index (χ1) is 8.34. The molecule has 0 bridgehead atoms. The Bertz CT molecular complexity index is 464. The van der Waals surface area contributed by atoms with Crippen LogP contribution in [0, 0.1) is 11.6 Å². The van der Waals surface area contributed by atoms with Gasteiger partial charge in [0.05, 0.1) is 24.3 Å². The quantitative estimate of drug-likeness (QED) is 0.723. The van der Waals surface area contributed by atoms with Gasteiger partial charge in [-0.3, -0.25) is 4.79 Å². The van der Waals surface area contributed by atoms with E-state index in [1.54, 1.807) is 0 Å². The van der Waals surface area contributed by atoms with Crippen LogP contribution in [0.25, 0.3) is 0 Å². The van der Waals surface area contributed by atoms with E-state index in [-0.39, 0.29) is 0 Å². The highest BCUT2D eigenvalue weighted by Gasteiger charge is 2.27. The Balaban J connectivity index is 3.02. The van der Waals surface area contributed by atoms with E-state index in [1.807, 2.05) is 0 Å². The standard InChI is InChI=1S/C11H12ClF2NO3/c1-11(4-16,5-17)15-10(18)6-2-3-7(13)8(12)9(6)14/h2-3,16-17H,4-5H2,1H3,(H,15,18). The molecule has 1 rings (SSSR count). The van der Waals surface area contributed by atoms with Crippen LogP contribution >= 0.6 is 11.6 Å². The molecule has 100 valence electrons. The fourth-order valence-corrected chi connectivity index (χ4v) is 1.34. The van der Waals surface area contributed by atoms with Crippen molar-refractivity contribution in [2.24, 2.45) is 0 Å². The van der Waals surface area contributed by atoms with Crippen LogP contribution in [0.3, 0.4) is 0 Å². The van der Waals surface area contributed by atoms with Crippen LogP contribution < -0.4 is 5.32 Å². The van der Waals surface area contributed by atoms with E-state index in [9.17, 15) is 13.6 Å². The Labute approximate surface area is 107 Å². The highest BCUT2D eigenvalue weighted by molar-refractivity contribution is 6.31. The van der Waals surface area contributed by atoms with E-state index < -0.39 is 46.9 Å². The second-order valence-corrected chi connectivity index (χ2v) is 4.43. The fraction of sp³-hybridized carbons (Fsp3) is 0.364. The Morgan fingerprint density at radius 3 is 2.44 bits per heavy atom. The maximum absolute atomic E-state index is 13.5. The summed E-state index contributed by atoms with van der Waals surface area (Å²) in [7, 11) is 0. The molecule has 0 aromatic heterocycles. The first-order valence-corrected chi connectivity index (χ1v) is 5.40. The van der Waals surface area contributed by atoms with Gasteiger partial charge in [-0.1, -0.05) is 11.6 Å². The van der Waals surface area contributed by atoms with Gasteiger partial charge >= 0.3 is 0 Å². The second-order valence-electron chi connectivity index (χ2n) is 4.05. The Hall–Kier alpha value is -1.24. The van der Waals surface area contributed by atoms with Gasteiger partial charge in [-0.05, 0) is 19.1 Å². The molecule has 0 heterocycles. The average molecular weight is 280 g/mol. The number of aliphatic hydroxyl groups excluding tert-OH is 2. The summed E-state index contributed by atoms with van der Waals surface area (Å²) in [5.41, 5.74) is -1.76. The highest BCUT2D eigenvalue weighted by atomic mass is 35.5. The summed E-state index contributed by atoms with van der Waals surface area (Å²) in [5, 5.41) is 19.4. The third-order valence-corrected chi connectivity index (χ3v) is 2.74. The molecule has 4 nitrogen and oxygen atoms in total. The fourth-order valence-electron chi connectivity index (χ4n) is 1.17. The van der Waals surface area contributed by atoms with Crippen LogP contribution in [0.1, 0.15) is 17.3 Å². The third kappa shape index (κ3) is 2.95. The van der Waals surface area contributed by atoms with E-state index in [4.69, 9.17) is 21.8 Å². The predicted molar refractivity (Wildman–Crippen MR) is 61.4 cm³/mol. The van der Waals surface area contributed by atoms with Crippen molar-refractivity contribution in [3.05, 3.63) is 34.4 Å². The zero-order chi connectivity index (χ0) is 13.9. The molecule has 7 heteroatoms. The highest BCUT2D eigenvalue weighted by Crippen LogP contribution is 2.22. The number of carbonyl (C=O) groups excluding carboxylic acids is 1. The van der Waals surface area contributed by atoms with Crippen molar-refractivity contribution in [1.29, 1.82) is 0 Å². The van der Waals surface area contributed by atoms with Crippen molar-refractivity contribution in [1.82, 2.24) is 5.32 Å². The molecule has 0 aliphatic rings. The van der Waals surface area contributed by atoms with Crippen molar-refractivity contribution < 1.29 is 23.8 Å². The second kappa shape index (κ2) is 5.60. The monoisotopic (exact) mass is 279 g/mol. The van der Waals surface area contributed by atoms with Gasteiger partial charge in [0.15, 0.2) is 5.82 Å². The van der Waals surface area contributed by atoms with Crippen molar-refractivity contribution in [2.45, 2.75) is 12.5 Å². The maximum atomic E-state index is 13.5. The molecule has 0 spiro atoms. The third-order valence-electron chi connectivity index (χ3n) is 2.39. The minimum absolute atomic E-state index is 0.463. The lowest BCUT2D eigenvalue weighted by Gasteiger charge is -2.26. The van der Waals surface area contributed by atoms with Crippen LogP contribution in [0.15, 0.2) is 12.1 Å². The van der Waals surface area contributed by atoms with Crippen molar-refractivity contribution in [3.8, 4) is 0 Å². The van der Waals surface area contributed by atoms with Gasteiger partial charge in [0, 0.05) is 0 Å². The molecule has 1 aromatic carbocycles. The van der Waals surface area contributed by atoms with Gasteiger partial charge in [0.1, 0.15) is 10.8 Å². The van der Waals surface area contributed by atoms with E-state index in [0.29, 0.717) is 0 Å². The molecule has 0 atom stereocenters. The molecule has 3 N–H and O–H groups in total. The molecular weight excluding hydrogens is 268 g/mol.